The zero-order chi connectivity index (χ0) is 19.9. The fourth-order valence-corrected chi connectivity index (χ4v) is 2.90. The van der Waals surface area contributed by atoms with Gasteiger partial charge >= 0.3 is 0 Å². The van der Waals surface area contributed by atoms with Gasteiger partial charge in [0.15, 0.2) is 5.11 Å². The van der Waals surface area contributed by atoms with Crippen LogP contribution in [0.15, 0.2) is 54.9 Å². The number of rotatable bonds is 7. The largest absolute Gasteiger partial charge is 0.497 e. The molecule has 0 unspecified atom stereocenters. The van der Waals surface area contributed by atoms with Crippen molar-refractivity contribution in [1.82, 2.24) is 9.78 Å². The highest BCUT2D eigenvalue weighted by atomic mass is 32.1. The minimum Gasteiger partial charge on any atom is -0.497 e. The molecule has 8 heteroatoms. The number of nitrogens with one attached hydrogen (secondary N) is 2. The van der Waals surface area contributed by atoms with Crippen molar-refractivity contribution >= 4 is 28.7 Å². The Kier molecular flexibility index (Phi) is 6.33. The van der Waals surface area contributed by atoms with Crippen LogP contribution in [0.25, 0.3) is 0 Å². The monoisotopic (exact) mass is 398 g/mol. The van der Waals surface area contributed by atoms with Crippen molar-refractivity contribution in [3.05, 3.63) is 60.4 Å². The van der Waals surface area contributed by atoms with Crippen molar-refractivity contribution < 1.29 is 14.2 Å². The third-order valence-electron chi connectivity index (χ3n) is 4.02. The second kappa shape index (κ2) is 9.09. The summed E-state index contributed by atoms with van der Waals surface area (Å²) in [5, 5.41) is 11.0. The lowest BCUT2D eigenvalue weighted by Crippen LogP contribution is -2.19. The number of thiocarbonyl (C=S) groups is 1. The molecule has 2 aromatic carbocycles. The van der Waals surface area contributed by atoms with Gasteiger partial charge in [0.1, 0.15) is 17.2 Å². The molecule has 1 aromatic heterocycles. The number of benzene rings is 2. The van der Waals surface area contributed by atoms with E-state index in [2.05, 4.69) is 15.7 Å². The first-order valence-electron chi connectivity index (χ1n) is 8.56. The van der Waals surface area contributed by atoms with Gasteiger partial charge in [0.05, 0.1) is 45.4 Å². The number of hydrogen-bond acceptors (Lipinski definition) is 5. The average Bonchev–Trinajstić information content (AvgIpc) is 3.14. The van der Waals surface area contributed by atoms with E-state index in [1.807, 2.05) is 53.3 Å². The fourth-order valence-electron chi connectivity index (χ4n) is 2.67. The average molecular weight is 398 g/mol. The van der Waals surface area contributed by atoms with Crippen LogP contribution in [0.2, 0.25) is 0 Å². The van der Waals surface area contributed by atoms with Gasteiger partial charge in [-0.3, -0.25) is 4.68 Å². The smallest absolute Gasteiger partial charge is 0.175 e. The summed E-state index contributed by atoms with van der Waals surface area (Å²) in [6, 6.07) is 13.3. The van der Waals surface area contributed by atoms with E-state index in [4.69, 9.17) is 26.4 Å². The maximum atomic E-state index is 5.40. The Balaban J connectivity index is 1.64. The van der Waals surface area contributed by atoms with Crippen LogP contribution in [0.4, 0.5) is 11.4 Å². The third kappa shape index (κ3) is 4.92. The highest BCUT2D eigenvalue weighted by Crippen LogP contribution is 2.29. The highest BCUT2D eigenvalue weighted by molar-refractivity contribution is 7.80. The van der Waals surface area contributed by atoms with Gasteiger partial charge in [-0.25, -0.2) is 0 Å². The normalized spacial score (nSPS) is 10.2. The standard InChI is InChI=1S/C20H22N4O3S/c1-25-16-6-4-5-14(9-16)12-24-13-15(11-21-24)22-20(28)23-18-10-17(26-2)7-8-19(18)27-3/h4-11,13H,12H2,1-3H3,(H2,22,23,28). The van der Waals surface area contributed by atoms with Crippen molar-refractivity contribution in [2.24, 2.45) is 0 Å². The van der Waals surface area contributed by atoms with Gasteiger partial charge in [-0.05, 0) is 42.0 Å². The first-order valence-corrected chi connectivity index (χ1v) is 8.97. The molecule has 2 N–H and O–H groups in total. The Morgan fingerprint density at radius 3 is 2.54 bits per heavy atom. The Bertz CT molecular complexity index is 958. The summed E-state index contributed by atoms with van der Waals surface area (Å²) in [6.45, 7) is 0.628. The number of methoxy groups -OCH3 is 3. The first-order chi connectivity index (χ1) is 13.6. The second-order valence-corrected chi connectivity index (χ2v) is 6.33. The number of hydrogen-bond donors (Lipinski definition) is 2. The number of aromatic nitrogens is 2. The molecule has 146 valence electrons. The lowest BCUT2D eigenvalue weighted by Gasteiger charge is -2.13. The fraction of sp³-hybridized carbons (Fsp3) is 0.200. The Morgan fingerprint density at radius 1 is 1.00 bits per heavy atom. The van der Waals surface area contributed by atoms with Crippen LogP contribution in [-0.4, -0.2) is 36.2 Å². The maximum Gasteiger partial charge on any atom is 0.175 e. The molecule has 3 aromatic rings. The van der Waals surface area contributed by atoms with E-state index in [1.54, 1.807) is 27.5 Å². The molecule has 0 saturated heterocycles. The van der Waals surface area contributed by atoms with E-state index in [0.717, 1.165) is 17.0 Å². The van der Waals surface area contributed by atoms with Crippen molar-refractivity contribution in [1.29, 1.82) is 0 Å². The van der Waals surface area contributed by atoms with Crippen LogP contribution in [0.3, 0.4) is 0 Å². The van der Waals surface area contributed by atoms with Gasteiger partial charge in [-0.1, -0.05) is 12.1 Å². The van der Waals surface area contributed by atoms with Gasteiger partial charge in [-0.2, -0.15) is 5.10 Å². The molecule has 1 heterocycles. The van der Waals surface area contributed by atoms with Gasteiger partial charge in [-0.15, -0.1) is 0 Å². The molecule has 3 rings (SSSR count). The van der Waals surface area contributed by atoms with Crippen LogP contribution >= 0.6 is 12.2 Å². The van der Waals surface area contributed by atoms with E-state index in [1.165, 1.54) is 0 Å². The molecule has 0 saturated carbocycles. The van der Waals surface area contributed by atoms with Crippen molar-refractivity contribution in [2.75, 3.05) is 32.0 Å². The van der Waals surface area contributed by atoms with Gasteiger partial charge in [0.2, 0.25) is 0 Å². The quantitative estimate of drug-likeness (QED) is 0.587. The van der Waals surface area contributed by atoms with E-state index in [9.17, 15) is 0 Å². The second-order valence-electron chi connectivity index (χ2n) is 5.92. The lowest BCUT2D eigenvalue weighted by atomic mass is 10.2. The zero-order valence-electron chi connectivity index (χ0n) is 15.9. The van der Waals surface area contributed by atoms with E-state index in [-0.39, 0.29) is 0 Å². The van der Waals surface area contributed by atoms with Crippen molar-refractivity contribution in [2.45, 2.75) is 6.54 Å². The van der Waals surface area contributed by atoms with Gasteiger partial charge in [0.25, 0.3) is 0 Å². The minimum atomic E-state index is 0.424. The summed E-state index contributed by atoms with van der Waals surface area (Å²) in [5.74, 6) is 2.19. The van der Waals surface area contributed by atoms with E-state index in [0.29, 0.717) is 28.8 Å². The van der Waals surface area contributed by atoms with E-state index >= 15 is 0 Å². The molecule has 0 fully saturated rings. The molecular formula is C20H22N4O3S. The van der Waals surface area contributed by atoms with E-state index < -0.39 is 0 Å². The lowest BCUT2D eigenvalue weighted by molar-refractivity contribution is 0.405. The van der Waals surface area contributed by atoms with Crippen LogP contribution < -0.4 is 24.8 Å². The summed E-state index contributed by atoms with van der Waals surface area (Å²) in [5.41, 5.74) is 2.58. The summed E-state index contributed by atoms with van der Waals surface area (Å²) in [7, 11) is 4.87. The van der Waals surface area contributed by atoms with Crippen molar-refractivity contribution in [3.63, 3.8) is 0 Å². The number of ether oxygens (including phenoxy) is 3. The summed E-state index contributed by atoms with van der Waals surface area (Å²) < 4.78 is 17.7. The molecule has 0 aliphatic rings. The maximum absolute atomic E-state index is 5.40. The predicted molar refractivity (Wildman–Crippen MR) is 114 cm³/mol. The highest BCUT2D eigenvalue weighted by Gasteiger charge is 2.08. The molecule has 0 atom stereocenters. The molecule has 0 aliphatic heterocycles. The molecule has 28 heavy (non-hydrogen) atoms. The SMILES string of the molecule is COc1cccc(Cn2cc(NC(=S)Nc3cc(OC)ccc3OC)cn2)c1. The molecule has 0 bridgehead atoms. The summed E-state index contributed by atoms with van der Waals surface area (Å²) in [6.07, 6.45) is 3.60. The minimum absolute atomic E-state index is 0.424. The predicted octanol–water partition coefficient (Wildman–Crippen LogP) is 3.77. The molecule has 0 spiro atoms. The topological polar surface area (TPSA) is 69.6 Å². The Hall–Kier alpha value is -3.26. The molecule has 0 radical (unpaired) electrons. The Morgan fingerprint density at radius 2 is 1.79 bits per heavy atom. The van der Waals surface area contributed by atoms with Gasteiger partial charge < -0.3 is 24.8 Å². The van der Waals surface area contributed by atoms with Crippen LogP contribution in [-0.2, 0) is 6.54 Å². The first kappa shape index (κ1) is 19.5. The summed E-state index contributed by atoms with van der Waals surface area (Å²) in [4.78, 5) is 0. The molecule has 0 amide bonds. The van der Waals surface area contributed by atoms with Crippen LogP contribution in [0, 0.1) is 0 Å². The Labute approximate surface area is 169 Å². The molecule has 7 nitrogen and oxygen atoms in total. The van der Waals surface area contributed by atoms with Gasteiger partial charge in [0, 0.05) is 12.3 Å². The molecule has 0 aliphatic carbocycles. The van der Waals surface area contributed by atoms with Crippen molar-refractivity contribution in [3.8, 4) is 17.2 Å². The summed E-state index contributed by atoms with van der Waals surface area (Å²) >= 11 is 5.40. The van der Waals surface area contributed by atoms with Crippen LogP contribution in [0.1, 0.15) is 5.56 Å². The van der Waals surface area contributed by atoms with Crippen LogP contribution in [0.5, 0.6) is 17.2 Å². The number of nitrogens with zero attached hydrogens (tertiary/aromatic N) is 2. The third-order valence-corrected chi connectivity index (χ3v) is 4.23. The number of anilines is 2. The zero-order valence-corrected chi connectivity index (χ0v) is 16.7. The molecular weight excluding hydrogens is 376 g/mol.